The number of aliphatic hydroxyl groups excluding tert-OH is 14. The molecule has 0 spiro atoms. The summed E-state index contributed by atoms with van der Waals surface area (Å²) in [4.78, 5) is 36.5. The van der Waals surface area contributed by atoms with Gasteiger partial charge in [-0.3, -0.25) is 14.4 Å². The number of hydrogen-bond donors (Lipinski definition) is 17. The lowest BCUT2D eigenvalue weighted by Crippen LogP contribution is -2.69. The Labute approximate surface area is 369 Å². The van der Waals surface area contributed by atoms with Gasteiger partial charge < -0.3 is 130 Å². The van der Waals surface area contributed by atoms with Crippen molar-refractivity contribution in [2.45, 2.75) is 174 Å². The van der Waals surface area contributed by atoms with Crippen molar-refractivity contribution < 1.29 is 129 Å². The molecule has 0 bridgehead atoms. The predicted octanol–water partition coefficient (Wildman–Crippen LogP) is -11.5. The van der Waals surface area contributed by atoms with Crippen LogP contribution in [0, 0.1) is 0 Å². The Morgan fingerprint density at radius 1 is 0.400 bits per heavy atom. The van der Waals surface area contributed by atoms with Crippen LogP contribution in [0.1, 0.15) is 20.8 Å². The molecular formula is C36H61N3O26. The minimum atomic E-state index is -2.16. The number of hydrogen-bond acceptors (Lipinski definition) is 26. The van der Waals surface area contributed by atoms with Gasteiger partial charge in [0.05, 0.1) is 33.0 Å². The van der Waals surface area contributed by atoms with Crippen molar-refractivity contribution in [1.29, 1.82) is 0 Å². The zero-order valence-electron chi connectivity index (χ0n) is 35.1. The molecule has 29 nitrogen and oxygen atoms in total. The van der Waals surface area contributed by atoms with Gasteiger partial charge in [0, 0.05) is 20.8 Å². The number of carbonyl (C=O) groups excluding carboxylic acids is 3. The normalized spacial score (nSPS) is 47.1. The van der Waals surface area contributed by atoms with Gasteiger partial charge in [-0.1, -0.05) is 0 Å². The smallest absolute Gasteiger partial charge is 0.217 e. The van der Waals surface area contributed by atoms with E-state index in [4.69, 9.17) is 42.6 Å². The van der Waals surface area contributed by atoms with E-state index in [1.165, 1.54) is 0 Å². The zero-order valence-corrected chi connectivity index (χ0v) is 35.1. The summed E-state index contributed by atoms with van der Waals surface area (Å²) in [6, 6.07) is -4.80. The maximum absolute atomic E-state index is 12.4. The number of carbonyl (C=O) groups is 3. The van der Waals surface area contributed by atoms with Crippen molar-refractivity contribution >= 4 is 17.7 Å². The molecule has 5 heterocycles. The van der Waals surface area contributed by atoms with Gasteiger partial charge in [0.25, 0.3) is 0 Å². The monoisotopic (exact) mass is 951 g/mol. The molecule has 5 aliphatic rings. The van der Waals surface area contributed by atoms with Crippen molar-refractivity contribution in [3.63, 3.8) is 0 Å². The van der Waals surface area contributed by atoms with Crippen LogP contribution in [0.2, 0.25) is 0 Å². The molecule has 0 aromatic heterocycles. The number of ether oxygens (including phenoxy) is 9. The molecule has 5 saturated heterocycles. The molecule has 3 amide bonds. The van der Waals surface area contributed by atoms with Crippen molar-refractivity contribution in [2.24, 2.45) is 0 Å². The lowest BCUT2D eigenvalue weighted by molar-refractivity contribution is -0.374. The first-order valence-electron chi connectivity index (χ1n) is 20.6. The average Bonchev–Trinajstić information content (AvgIpc) is 3.25. The van der Waals surface area contributed by atoms with E-state index in [1.54, 1.807) is 0 Å². The van der Waals surface area contributed by atoms with Crippen molar-refractivity contribution in [3.8, 4) is 0 Å². The molecule has 0 saturated carbocycles. The van der Waals surface area contributed by atoms with E-state index in [2.05, 4.69) is 16.0 Å². The van der Waals surface area contributed by atoms with E-state index in [0.717, 1.165) is 20.8 Å². The fourth-order valence-electron chi connectivity index (χ4n) is 8.14. The van der Waals surface area contributed by atoms with E-state index in [-0.39, 0.29) is 0 Å². The van der Waals surface area contributed by atoms with Gasteiger partial charge in [-0.25, -0.2) is 0 Å². The summed E-state index contributed by atoms with van der Waals surface area (Å²) in [5, 5.41) is 156. The highest BCUT2D eigenvalue weighted by Gasteiger charge is 2.56. The Morgan fingerprint density at radius 3 is 1.32 bits per heavy atom. The third kappa shape index (κ3) is 12.0. The van der Waals surface area contributed by atoms with E-state index in [9.17, 15) is 85.9 Å². The van der Waals surface area contributed by atoms with E-state index in [1.807, 2.05) is 0 Å². The second-order valence-corrected chi connectivity index (χ2v) is 16.2. The molecule has 29 heteroatoms. The van der Waals surface area contributed by atoms with E-state index in [0.29, 0.717) is 0 Å². The molecule has 0 aromatic carbocycles. The molecule has 1 unspecified atom stereocenters. The Kier molecular flexibility index (Phi) is 19.1. The molecule has 5 rings (SSSR count). The molecule has 0 radical (unpaired) electrons. The molecule has 376 valence electrons. The van der Waals surface area contributed by atoms with Crippen LogP contribution in [-0.4, -0.2) is 276 Å². The molecule has 5 aliphatic heterocycles. The lowest BCUT2D eigenvalue weighted by atomic mass is 9.94. The van der Waals surface area contributed by atoms with Crippen LogP contribution < -0.4 is 16.0 Å². The topological polar surface area (TPSA) is 454 Å². The first-order chi connectivity index (χ1) is 30.7. The van der Waals surface area contributed by atoms with Gasteiger partial charge in [0.15, 0.2) is 31.5 Å². The minimum Gasteiger partial charge on any atom is -0.394 e. The Balaban J connectivity index is 1.43. The molecular weight excluding hydrogens is 890 g/mol. The van der Waals surface area contributed by atoms with Gasteiger partial charge in [-0.15, -0.1) is 0 Å². The Bertz CT molecular complexity index is 1560. The van der Waals surface area contributed by atoms with Crippen molar-refractivity contribution in [2.75, 3.05) is 33.0 Å². The van der Waals surface area contributed by atoms with Gasteiger partial charge in [0.2, 0.25) is 17.7 Å². The fraction of sp³-hybridized carbons (Fsp3) is 0.917. The predicted molar refractivity (Wildman–Crippen MR) is 201 cm³/mol. The molecule has 0 aliphatic carbocycles. The van der Waals surface area contributed by atoms with Crippen molar-refractivity contribution in [1.82, 2.24) is 16.0 Å². The summed E-state index contributed by atoms with van der Waals surface area (Å²) in [5.41, 5.74) is 0. The largest absolute Gasteiger partial charge is 0.394 e. The Morgan fingerprint density at radius 2 is 0.800 bits per heavy atom. The van der Waals surface area contributed by atoms with Gasteiger partial charge in [-0.2, -0.15) is 0 Å². The molecule has 65 heavy (non-hydrogen) atoms. The summed E-state index contributed by atoms with van der Waals surface area (Å²) in [7, 11) is 0. The SMILES string of the molecule is CC(=O)N[C@H]1[C@H](O[C@H]2[C@@H](O)[C@@H](CO[C@@H]3O[C@H](CO)[C@@H](O[C@@H]4O[C@H](CO)[C@H](O)[C@H](O)[C@H]4O)[C@@H](O)[C@H]3NC(C)=O)O[C@@H](O[C@H]3[C@H](O)[C@@H](NC(C)=O)C(O)O[C@@H]3CO)[C@@H]2O)O[C@H](CO)[C@@H](O)[C@@H]1O. The zero-order chi connectivity index (χ0) is 48.2. The quantitative estimate of drug-likeness (QED) is 0.0683. The Hall–Kier alpha value is -2.51. The number of rotatable bonds is 16. The highest BCUT2D eigenvalue weighted by molar-refractivity contribution is 5.74. The first kappa shape index (κ1) is 53.4. The summed E-state index contributed by atoms with van der Waals surface area (Å²) in [5.74, 6) is -2.26. The van der Waals surface area contributed by atoms with Crippen LogP contribution in [0.25, 0.3) is 0 Å². The third-order valence-electron chi connectivity index (χ3n) is 11.5. The molecule has 5 fully saturated rings. The maximum atomic E-state index is 12.4. The molecule has 0 aromatic rings. The highest BCUT2D eigenvalue weighted by Crippen LogP contribution is 2.35. The van der Waals surface area contributed by atoms with Crippen LogP contribution >= 0.6 is 0 Å². The number of nitrogens with one attached hydrogen (secondary N) is 3. The van der Waals surface area contributed by atoms with Crippen LogP contribution in [0.5, 0.6) is 0 Å². The number of amides is 3. The average molecular weight is 952 g/mol. The molecule has 25 atom stereocenters. The summed E-state index contributed by atoms with van der Waals surface area (Å²) < 4.78 is 51.6. The minimum absolute atomic E-state index is 0.724. The van der Waals surface area contributed by atoms with Gasteiger partial charge in [0.1, 0.15) is 122 Å². The van der Waals surface area contributed by atoms with Gasteiger partial charge >= 0.3 is 0 Å². The van der Waals surface area contributed by atoms with E-state index < -0.39 is 204 Å². The third-order valence-corrected chi connectivity index (χ3v) is 11.5. The first-order valence-corrected chi connectivity index (χ1v) is 20.6. The second kappa shape index (κ2) is 23.2. The summed E-state index contributed by atoms with van der Waals surface area (Å²) in [6.45, 7) is -1.28. The maximum Gasteiger partial charge on any atom is 0.217 e. The highest BCUT2D eigenvalue weighted by atomic mass is 16.8. The lowest BCUT2D eigenvalue weighted by Gasteiger charge is -2.49. The van der Waals surface area contributed by atoms with Crippen LogP contribution in [0.15, 0.2) is 0 Å². The summed E-state index contributed by atoms with van der Waals surface area (Å²) in [6.07, 6.45) is -39.9. The van der Waals surface area contributed by atoms with Crippen LogP contribution in [0.3, 0.4) is 0 Å². The second-order valence-electron chi connectivity index (χ2n) is 16.2. The van der Waals surface area contributed by atoms with Crippen molar-refractivity contribution in [3.05, 3.63) is 0 Å². The fourth-order valence-corrected chi connectivity index (χ4v) is 8.14. The molecule has 17 N–H and O–H groups in total. The number of aliphatic hydroxyl groups is 14. The van der Waals surface area contributed by atoms with Crippen LogP contribution in [0.4, 0.5) is 0 Å². The summed E-state index contributed by atoms with van der Waals surface area (Å²) >= 11 is 0. The van der Waals surface area contributed by atoms with E-state index >= 15 is 0 Å². The standard InChI is InChI=1S/C36H61N3O26/c1-9(44)37-17-24(51)29(14(6-42)58-32(17)56)64-36-28(55)31(65-34-18(38-10(2)45)23(50)20(47)12(4-40)59-34)22(49)16(62-36)8-57-33-19(39-11(3)46)25(52)30(15(7-43)61-33)63-35-27(54)26(53)21(48)13(5-41)60-35/h12-36,40-43,47-56H,4-8H2,1-3H3,(H,37,44)(H,38,45)(H,39,46)/t12-,13-,14-,15-,16-,17-,18-,19-,20-,21+,22+,23-,24-,25+,26+,27-,28-,29-,30-,31+,32?,33-,34+,35+,36+/m1/s1. The van der Waals surface area contributed by atoms with Crippen LogP contribution in [-0.2, 0) is 57.0 Å². The van der Waals surface area contributed by atoms with Gasteiger partial charge in [-0.05, 0) is 0 Å².